The van der Waals surface area contributed by atoms with E-state index in [0.717, 1.165) is 22.5 Å². The van der Waals surface area contributed by atoms with Gasteiger partial charge in [0.1, 0.15) is 5.75 Å². The fourth-order valence-corrected chi connectivity index (χ4v) is 1.65. The second kappa shape index (κ2) is 5.66. The summed E-state index contributed by atoms with van der Waals surface area (Å²) in [7, 11) is 1.97. The van der Waals surface area contributed by atoms with Gasteiger partial charge in [0.05, 0.1) is 0 Å². The van der Waals surface area contributed by atoms with Gasteiger partial charge in [-0.05, 0) is 17.8 Å². The zero-order valence-electron chi connectivity index (χ0n) is 10.1. The molecular formula is C14H14NOY-. The molecule has 17 heavy (non-hydrogen) atoms. The summed E-state index contributed by atoms with van der Waals surface area (Å²) >= 11 is 0. The molecule has 0 atom stereocenters. The van der Waals surface area contributed by atoms with Crippen LogP contribution in [0.3, 0.4) is 0 Å². The van der Waals surface area contributed by atoms with Gasteiger partial charge in [0.15, 0.2) is 0 Å². The maximum absolute atomic E-state index is 9.24. The second-order valence-electron chi connectivity index (χ2n) is 3.87. The van der Waals surface area contributed by atoms with Gasteiger partial charge in [-0.3, -0.25) is 0 Å². The van der Waals surface area contributed by atoms with E-state index in [2.05, 4.69) is 12.7 Å². The van der Waals surface area contributed by atoms with Crippen molar-refractivity contribution in [2.75, 3.05) is 7.05 Å². The molecule has 0 fully saturated rings. The van der Waals surface area contributed by atoms with Crippen LogP contribution in [0.15, 0.2) is 48.2 Å². The minimum atomic E-state index is 0. The Kier molecular flexibility index (Phi) is 4.73. The molecule has 1 radical (unpaired) electrons. The van der Waals surface area contributed by atoms with Crippen molar-refractivity contribution in [1.29, 1.82) is 0 Å². The Bertz CT molecular complexity index is 485. The largest absolute Gasteiger partial charge is 0.508 e. The van der Waals surface area contributed by atoms with E-state index in [9.17, 15) is 5.11 Å². The predicted molar refractivity (Wildman–Crippen MR) is 65.4 cm³/mol. The van der Waals surface area contributed by atoms with E-state index in [1.165, 1.54) is 0 Å². The summed E-state index contributed by atoms with van der Waals surface area (Å²) in [4.78, 5) is 2.00. The number of benzene rings is 1. The van der Waals surface area contributed by atoms with Crippen LogP contribution in [-0.2, 0) is 32.7 Å². The Hall–Kier alpha value is -0.856. The topological polar surface area (TPSA) is 23.5 Å². The number of allylic oxidation sites excluding steroid dienone is 3. The molecule has 1 heterocycles. The summed E-state index contributed by atoms with van der Waals surface area (Å²) in [6.07, 6.45) is 5.16. The molecule has 1 aromatic rings. The molecule has 2 nitrogen and oxygen atoms in total. The smallest absolute Gasteiger partial charge is 0.113 e. The molecule has 0 amide bonds. The van der Waals surface area contributed by atoms with Crippen LogP contribution in [0, 0.1) is 6.08 Å². The van der Waals surface area contributed by atoms with Gasteiger partial charge in [0.2, 0.25) is 0 Å². The van der Waals surface area contributed by atoms with Crippen molar-refractivity contribution in [2.24, 2.45) is 0 Å². The molecule has 1 aliphatic rings. The molecule has 0 aromatic heterocycles. The number of hydrogen-bond donors (Lipinski definition) is 1. The maximum Gasteiger partial charge on any atom is 0.113 e. The van der Waals surface area contributed by atoms with Crippen molar-refractivity contribution in [2.45, 2.75) is 6.92 Å². The van der Waals surface area contributed by atoms with E-state index in [-0.39, 0.29) is 38.5 Å². The summed E-state index contributed by atoms with van der Waals surface area (Å²) < 4.78 is 0. The van der Waals surface area contributed by atoms with Crippen molar-refractivity contribution in [3.8, 4) is 5.75 Å². The van der Waals surface area contributed by atoms with Crippen molar-refractivity contribution in [3.05, 3.63) is 59.8 Å². The molecule has 1 N–H and O–H groups in total. The Morgan fingerprint density at radius 1 is 1.24 bits per heavy atom. The first-order chi connectivity index (χ1) is 7.59. The van der Waals surface area contributed by atoms with Crippen molar-refractivity contribution in [3.63, 3.8) is 0 Å². The Morgan fingerprint density at radius 2 is 1.82 bits per heavy atom. The summed E-state index contributed by atoms with van der Waals surface area (Å²) in [5, 5.41) is 9.24. The van der Waals surface area contributed by atoms with E-state index < -0.39 is 0 Å². The van der Waals surface area contributed by atoms with Crippen LogP contribution in [0.5, 0.6) is 5.75 Å². The first kappa shape index (κ1) is 14.2. The average Bonchev–Trinajstić information content (AvgIpc) is 2.28. The quantitative estimate of drug-likeness (QED) is 0.806. The van der Waals surface area contributed by atoms with Gasteiger partial charge in [-0.15, -0.1) is 17.7 Å². The van der Waals surface area contributed by atoms with Crippen LogP contribution >= 0.6 is 0 Å². The molecule has 0 aliphatic carbocycles. The first-order valence-corrected chi connectivity index (χ1v) is 5.12. The fraction of sp³-hybridized carbons (Fsp3) is 0.143. The zero-order chi connectivity index (χ0) is 11.7. The minimum Gasteiger partial charge on any atom is -0.508 e. The Balaban J connectivity index is 0.00000144. The molecular weight excluding hydrogens is 287 g/mol. The number of likely N-dealkylation sites (N-methyl/N-ethyl adjacent to an activating group) is 1. The van der Waals surface area contributed by atoms with E-state index in [1.54, 1.807) is 12.1 Å². The van der Waals surface area contributed by atoms with Crippen molar-refractivity contribution in [1.82, 2.24) is 4.90 Å². The molecule has 0 spiro atoms. The normalized spacial score (nSPS) is 14.9. The van der Waals surface area contributed by atoms with Crippen LogP contribution in [-0.4, -0.2) is 17.1 Å². The third kappa shape index (κ3) is 2.88. The molecule has 2 rings (SSSR count). The Morgan fingerprint density at radius 3 is 2.41 bits per heavy atom. The molecule has 0 unspecified atom stereocenters. The summed E-state index contributed by atoms with van der Waals surface area (Å²) in [5.41, 5.74) is 4.08. The summed E-state index contributed by atoms with van der Waals surface area (Å²) in [6, 6.07) is 7.09. The van der Waals surface area contributed by atoms with Gasteiger partial charge in [0.25, 0.3) is 0 Å². The molecule has 85 valence electrons. The number of phenolic OH excluding ortho intramolecular Hbond substituents is 1. The van der Waals surface area contributed by atoms with Gasteiger partial charge in [-0.25, -0.2) is 0 Å². The van der Waals surface area contributed by atoms with Crippen LogP contribution in [0.1, 0.15) is 12.5 Å². The number of nitrogens with zero attached hydrogens (tertiary/aromatic N) is 1. The fourth-order valence-electron chi connectivity index (χ4n) is 1.65. The SMILES string of the molecule is C=C1C(C)=C[C-]=C(c2ccc(O)cc2)N1C.[Y]. The molecule has 3 heteroatoms. The first-order valence-electron chi connectivity index (χ1n) is 5.12. The van der Waals surface area contributed by atoms with Crippen LogP contribution in [0.2, 0.25) is 0 Å². The summed E-state index contributed by atoms with van der Waals surface area (Å²) in [5.74, 6) is 0.272. The van der Waals surface area contributed by atoms with Gasteiger partial charge in [-0.2, -0.15) is 12.2 Å². The molecule has 1 aromatic carbocycles. The summed E-state index contributed by atoms with van der Waals surface area (Å²) in [6.45, 7) is 6.03. The van der Waals surface area contributed by atoms with Crippen LogP contribution in [0.25, 0.3) is 5.70 Å². The number of hydrogen-bond acceptors (Lipinski definition) is 2. The van der Waals surface area contributed by atoms with E-state index in [4.69, 9.17) is 0 Å². The van der Waals surface area contributed by atoms with Crippen molar-refractivity contribution >= 4 is 5.70 Å². The third-order valence-electron chi connectivity index (χ3n) is 2.76. The minimum absolute atomic E-state index is 0. The van der Waals surface area contributed by atoms with Gasteiger partial charge in [0, 0.05) is 39.8 Å². The zero-order valence-corrected chi connectivity index (χ0v) is 12.9. The monoisotopic (exact) mass is 301 g/mol. The standard InChI is InChI=1S/C14H14NO.Y/c1-10-4-9-14(15(3)11(10)2)12-5-7-13(16)8-6-12;/h4-8,16H,2H2,1,3H3;/q-1;. The predicted octanol–water partition coefficient (Wildman–Crippen LogP) is 2.94. The van der Waals surface area contributed by atoms with Gasteiger partial charge in [-0.1, -0.05) is 24.8 Å². The van der Waals surface area contributed by atoms with Crippen LogP contribution < -0.4 is 0 Å². The van der Waals surface area contributed by atoms with Gasteiger partial charge >= 0.3 is 0 Å². The number of aromatic hydroxyl groups is 1. The Labute approximate surface area is 127 Å². The second-order valence-corrected chi connectivity index (χ2v) is 3.87. The van der Waals surface area contributed by atoms with Crippen molar-refractivity contribution < 1.29 is 37.8 Å². The number of phenols is 1. The van der Waals surface area contributed by atoms with Crippen LogP contribution in [0.4, 0.5) is 0 Å². The van der Waals surface area contributed by atoms with Gasteiger partial charge < -0.3 is 10.0 Å². The molecule has 0 saturated heterocycles. The van der Waals surface area contributed by atoms with E-state index in [0.29, 0.717) is 0 Å². The maximum atomic E-state index is 9.24. The molecule has 1 aliphatic heterocycles. The molecule has 0 saturated carbocycles. The van der Waals surface area contributed by atoms with E-state index in [1.807, 2.05) is 37.1 Å². The average molecular weight is 301 g/mol. The number of rotatable bonds is 1. The van der Waals surface area contributed by atoms with E-state index >= 15 is 0 Å². The molecule has 0 bridgehead atoms. The third-order valence-corrected chi connectivity index (χ3v) is 2.76.